The Morgan fingerprint density at radius 1 is 1.14 bits per heavy atom. The molecule has 0 aliphatic rings. The van der Waals surface area contributed by atoms with Crippen LogP contribution in [-0.2, 0) is 0 Å². The SMILES string of the molecule is CN(c1ccccc1)c1c(O)c2ccc(Cl)cc2[nH]c1=O. The zero-order chi connectivity index (χ0) is 15.0. The van der Waals surface area contributed by atoms with Crippen molar-refractivity contribution in [1.29, 1.82) is 0 Å². The van der Waals surface area contributed by atoms with Crippen molar-refractivity contribution in [3.8, 4) is 5.75 Å². The molecule has 0 bridgehead atoms. The van der Waals surface area contributed by atoms with Crippen LogP contribution in [0, 0.1) is 0 Å². The zero-order valence-corrected chi connectivity index (χ0v) is 12.1. The summed E-state index contributed by atoms with van der Waals surface area (Å²) in [6.45, 7) is 0. The Labute approximate surface area is 126 Å². The van der Waals surface area contributed by atoms with Gasteiger partial charge in [-0.3, -0.25) is 4.79 Å². The number of aromatic amines is 1. The van der Waals surface area contributed by atoms with E-state index < -0.39 is 0 Å². The number of aromatic nitrogens is 1. The van der Waals surface area contributed by atoms with Gasteiger partial charge in [-0.25, -0.2) is 0 Å². The number of fused-ring (bicyclic) bond motifs is 1. The van der Waals surface area contributed by atoms with Gasteiger partial charge in [0.25, 0.3) is 5.56 Å². The lowest BCUT2D eigenvalue weighted by atomic mass is 10.1. The summed E-state index contributed by atoms with van der Waals surface area (Å²) < 4.78 is 0. The molecule has 5 heteroatoms. The third-order valence-corrected chi connectivity index (χ3v) is 3.64. The average molecular weight is 301 g/mol. The van der Waals surface area contributed by atoms with Crippen molar-refractivity contribution in [1.82, 2.24) is 4.98 Å². The van der Waals surface area contributed by atoms with E-state index in [4.69, 9.17) is 11.6 Å². The third-order valence-electron chi connectivity index (χ3n) is 3.40. The van der Waals surface area contributed by atoms with Gasteiger partial charge < -0.3 is 15.0 Å². The van der Waals surface area contributed by atoms with Gasteiger partial charge in [0.2, 0.25) is 0 Å². The van der Waals surface area contributed by atoms with Gasteiger partial charge in [-0.1, -0.05) is 29.8 Å². The molecule has 3 rings (SSSR count). The largest absolute Gasteiger partial charge is 0.505 e. The van der Waals surface area contributed by atoms with Crippen LogP contribution in [0.3, 0.4) is 0 Å². The van der Waals surface area contributed by atoms with Gasteiger partial charge in [-0.15, -0.1) is 0 Å². The Morgan fingerprint density at radius 2 is 1.86 bits per heavy atom. The van der Waals surface area contributed by atoms with E-state index in [0.29, 0.717) is 15.9 Å². The van der Waals surface area contributed by atoms with Gasteiger partial charge in [0.1, 0.15) is 0 Å². The van der Waals surface area contributed by atoms with Crippen LogP contribution in [0.2, 0.25) is 5.02 Å². The second kappa shape index (κ2) is 5.14. The van der Waals surface area contributed by atoms with E-state index in [1.165, 1.54) is 0 Å². The van der Waals surface area contributed by atoms with Crippen LogP contribution in [-0.4, -0.2) is 17.1 Å². The number of anilines is 2. The van der Waals surface area contributed by atoms with E-state index in [9.17, 15) is 9.90 Å². The van der Waals surface area contributed by atoms with Crippen molar-refractivity contribution in [2.24, 2.45) is 0 Å². The highest BCUT2D eigenvalue weighted by atomic mass is 35.5. The summed E-state index contributed by atoms with van der Waals surface area (Å²) in [7, 11) is 1.74. The van der Waals surface area contributed by atoms with E-state index in [1.807, 2.05) is 30.3 Å². The maximum Gasteiger partial charge on any atom is 0.276 e. The molecule has 106 valence electrons. The first-order valence-electron chi connectivity index (χ1n) is 6.41. The molecule has 4 nitrogen and oxygen atoms in total. The maximum absolute atomic E-state index is 12.3. The van der Waals surface area contributed by atoms with Crippen LogP contribution in [0.15, 0.2) is 53.3 Å². The summed E-state index contributed by atoms with van der Waals surface area (Å²) in [4.78, 5) is 16.7. The molecule has 0 fully saturated rings. The number of aromatic hydroxyl groups is 1. The van der Waals surface area contributed by atoms with E-state index >= 15 is 0 Å². The number of nitrogens with one attached hydrogen (secondary N) is 1. The molecule has 3 aromatic rings. The first-order chi connectivity index (χ1) is 10.1. The molecular weight excluding hydrogens is 288 g/mol. The number of H-pyrrole nitrogens is 1. The summed E-state index contributed by atoms with van der Waals surface area (Å²) in [6.07, 6.45) is 0. The number of para-hydroxylation sites is 1. The molecule has 2 N–H and O–H groups in total. The molecule has 0 unspecified atom stereocenters. The lowest BCUT2D eigenvalue weighted by molar-refractivity contribution is 0.481. The highest BCUT2D eigenvalue weighted by Gasteiger charge is 2.16. The van der Waals surface area contributed by atoms with Crippen LogP contribution >= 0.6 is 11.6 Å². The van der Waals surface area contributed by atoms with Gasteiger partial charge in [0.15, 0.2) is 11.4 Å². The number of halogens is 1. The summed E-state index contributed by atoms with van der Waals surface area (Å²) >= 11 is 5.91. The van der Waals surface area contributed by atoms with Gasteiger partial charge in [0.05, 0.1) is 5.52 Å². The molecule has 2 aromatic carbocycles. The third kappa shape index (κ3) is 2.34. The number of rotatable bonds is 2. The normalized spacial score (nSPS) is 10.8. The highest BCUT2D eigenvalue weighted by molar-refractivity contribution is 6.31. The molecule has 0 aliphatic heterocycles. The van der Waals surface area contributed by atoms with Gasteiger partial charge >= 0.3 is 0 Å². The summed E-state index contributed by atoms with van der Waals surface area (Å²) in [5.74, 6) is -0.0585. The predicted octanol–water partition coefficient (Wildman–Crippen LogP) is 3.66. The number of pyridine rings is 1. The van der Waals surface area contributed by atoms with Crippen LogP contribution in [0.25, 0.3) is 10.9 Å². The molecule has 0 atom stereocenters. The summed E-state index contributed by atoms with van der Waals surface area (Å²) in [6, 6.07) is 14.3. The number of hydrogen-bond donors (Lipinski definition) is 2. The number of nitrogens with zero attached hydrogens (tertiary/aromatic N) is 1. The van der Waals surface area contributed by atoms with Gasteiger partial charge in [-0.2, -0.15) is 0 Å². The van der Waals surface area contributed by atoms with E-state index in [-0.39, 0.29) is 17.0 Å². The Balaban J connectivity index is 2.24. The minimum Gasteiger partial charge on any atom is -0.505 e. The molecule has 0 radical (unpaired) electrons. The van der Waals surface area contributed by atoms with Crippen LogP contribution in [0.1, 0.15) is 0 Å². The summed E-state index contributed by atoms with van der Waals surface area (Å²) in [5, 5.41) is 11.5. The Kier molecular flexibility index (Phi) is 3.31. The van der Waals surface area contributed by atoms with E-state index in [0.717, 1.165) is 5.69 Å². The fraction of sp³-hybridized carbons (Fsp3) is 0.0625. The quantitative estimate of drug-likeness (QED) is 0.759. The van der Waals surface area contributed by atoms with Gasteiger partial charge in [0, 0.05) is 23.1 Å². The van der Waals surface area contributed by atoms with E-state index in [1.54, 1.807) is 30.1 Å². The molecule has 1 aromatic heterocycles. The lowest BCUT2D eigenvalue weighted by Gasteiger charge is -2.20. The van der Waals surface area contributed by atoms with Crippen molar-refractivity contribution in [3.05, 3.63) is 63.9 Å². The van der Waals surface area contributed by atoms with E-state index in [2.05, 4.69) is 4.98 Å². The van der Waals surface area contributed by atoms with Crippen LogP contribution in [0.5, 0.6) is 5.75 Å². The van der Waals surface area contributed by atoms with Gasteiger partial charge in [-0.05, 0) is 30.3 Å². The highest BCUT2D eigenvalue weighted by Crippen LogP contribution is 2.34. The van der Waals surface area contributed by atoms with Crippen molar-refractivity contribution >= 4 is 33.9 Å². The first kappa shape index (κ1) is 13.5. The fourth-order valence-electron chi connectivity index (χ4n) is 2.33. The van der Waals surface area contributed by atoms with Crippen molar-refractivity contribution in [3.63, 3.8) is 0 Å². The molecule has 0 aliphatic carbocycles. The smallest absolute Gasteiger partial charge is 0.276 e. The molecule has 1 heterocycles. The Hall–Kier alpha value is -2.46. The predicted molar refractivity (Wildman–Crippen MR) is 85.7 cm³/mol. The molecule has 0 spiro atoms. The monoisotopic (exact) mass is 300 g/mol. The first-order valence-corrected chi connectivity index (χ1v) is 6.79. The average Bonchev–Trinajstić information content (AvgIpc) is 2.47. The zero-order valence-electron chi connectivity index (χ0n) is 11.3. The molecule has 0 saturated heterocycles. The molecule has 0 saturated carbocycles. The standard InChI is InChI=1S/C16H13ClN2O2/c1-19(11-5-3-2-4-6-11)14-15(20)12-8-7-10(17)9-13(12)18-16(14)21/h2-9H,1H3,(H2,18,20,21). The van der Waals surface area contributed by atoms with Crippen LogP contribution in [0.4, 0.5) is 11.4 Å². The van der Waals surface area contributed by atoms with Crippen molar-refractivity contribution in [2.45, 2.75) is 0 Å². The minimum atomic E-state index is -0.367. The maximum atomic E-state index is 12.3. The molecule has 21 heavy (non-hydrogen) atoms. The number of hydrogen-bond acceptors (Lipinski definition) is 3. The fourth-order valence-corrected chi connectivity index (χ4v) is 2.51. The Bertz CT molecular complexity index is 859. The topological polar surface area (TPSA) is 56.3 Å². The summed E-state index contributed by atoms with van der Waals surface area (Å²) in [5.41, 5.74) is 1.16. The van der Waals surface area contributed by atoms with Crippen LogP contribution < -0.4 is 10.5 Å². The second-order valence-corrected chi connectivity index (χ2v) is 5.17. The molecule has 0 amide bonds. The second-order valence-electron chi connectivity index (χ2n) is 4.74. The van der Waals surface area contributed by atoms with Crippen molar-refractivity contribution < 1.29 is 5.11 Å². The Morgan fingerprint density at radius 3 is 2.57 bits per heavy atom. The number of benzene rings is 2. The minimum absolute atomic E-state index is 0.0585. The van der Waals surface area contributed by atoms with Crippen molar-refractivity contribution in [2.75, 3.05) is 11.9 Å². The lowest BCUT2D eigenvalue weighted by Crippen LogP contribution is -2.20. The molecular formula is C16H13ClN2O2.